The summed E-state index contributed by atoms with van der Waals surface area (Å²) < 4.78 is 38.7. The molecule has 0 saturated heterocycles. The molecule has 0 aromatic heterocycles. The SMILES string of the molecule is CCOc1ccc(CCNS(=O)(=O)c2ccc3c(c2)C(=O)NC3=O)cc1OCC. The molecule has 0 atom stereocenters. The largest absolute Gasteiger partial charge is 0.490 e. The molecule has 2 amide bonds. The van der Waals surface area contributed by atoms with E-state index in [4.69, 9.17) is 9.47 Å². The quantitative estimate of drug-likeness (QED) is 0.602. The lowest BCUT2D eigenvalue weighted by Crippen LogP contribution is -2.26. The molecule has 2 aromatic carbocycles. The van der Waals surface area contributed by atoms with E-state index in [1.807, 2.05) is 26.0 Å². The molecule has 0 bridgehead atoms. The van der Waals surface area contributed by atoms with Crippen molar-refractivity contribution in [3.63, 3.8) is 0 Å². The van der Waals surface area contributed by atoms with Gasteiger partial charge in [-0.3, -0.25) is 14.9 Å². The topological polar surface area (TPSA) is 111 Å². The van der Waals surface area contributed by atoms with Crippen molar-refractivity contribution in [3.05, 3.63) is 53.1 Å². The third-order valence-corrected chi connectivity index (χ3v) is 5.79. The van der Waals surface area contributed by atoms with Crippen molar-refractivity contribution < 1.29 is 27.5 Å². The van der Waals surface area contributed by atoms with Crippen molar-refractivity contribution in [3.8, 4) is 11.5 Å². The van der Waals surface area contributed by atoms with E-state index in [9.17, 15) is 18.0 Å². The molecule has 1 aliphatic rings. The van der Waals surface area contributed by atoms with Gasteiger partial charge in [-0.05, 0) is 56.2 Å². The van der Waals surface area contributed by atoms with Crippen molar-refractivity contribution in [2.45, 2.75) is 25.2 Å². The number of hydrogen-bond acceptors (Lipinski definition) is 6. The molecule has 2 N–H and O–H groups in total. The third kappa shape index (κ3) is 4.57. The Morgan fingerprint density at radius 3 is 2.31 bits per heavy atom. The number of sulfonamides is 1. The van der Waals surface area contributed by atoms with Crippen LogP contribution in [0.2, 0.25) is 0 Å². The Balaban J connectivity index is 1.69. The van der Waals surface area contributed by atoms with Crippen molar-refractivity contribution in [1.29, 1.82) is 0 Å². The molecule has 0 saturated carbocycles. The van der Waals surface area contributed by atoms with Gasteiger partial charge in [0.2, 0.25) is 10.0 Å². The lowest BCUT2D eigenvalue weighted by atomic mass is 10.1. The average molecular weight is 418 g/mol. The van der Waals surface area contributed by atoms with Gasteiger partial charge >= 0.3 is 0 Å². The van der Waals surface area contributed by atoms with E-state index < -0.39 is 21.8 Å². The summed E-state index contributed by atoms with van der Waals surface area (Å²) in [6, 6.07) is 9.34. The van der Waals surface area contributed by atoms with Crippen LogP contribution in [0.3, 0.4) is 0 Å². The molecule has 154 valence electrons. The van der Waals surface area contributed by atoms with E-state index in [1.54, 1.807) is 6.07 Å². The number of nitrogens with one attached hydrogen (secondary N) is 2. The van der Waals surface area contributed by atoms with Gasteiger partial charge in [-0.1, -0.05) is 6.07 Å². The molecule has 0 spiro atoms. The first kappa shape index (κ1) is 20.8. The molecule has 0 unspecified atom stereocenters. The first-order valence-corrected chi connectivity index (χ1v) is 10.7. The van der Waals surface area contributed by atoms with Crippen LogP contribution in [-0.2, 0) is 16.4 Å². The Morgan fingerprint density at radius 2 is 1.59 bits per heavy atom. The second kappa shape index (κ2) is 8.62. The number of carbonyl (C=O) groups excluding carboxylic acids is 2. The normalized spacial score (nSPS) is 13.2. The number of imide groups is 1. The summed E-state index contributed by atoms with van der Waals surface area (Å²) >= 11 is 0. The van der Waals surface area contributed by atoms with E-state index in [0.29, 0.717) is 31.1 Å². The van der Waals surface area contributed by atoms with Gasteiger partial charge in [0.15, 0.2) is 11.5 Å². The molecule has 1 aliphatic heterocycles. The monoisotopic (exact) mass is 418 g/mol. The second-order valence-electron chi connectivity index (χ2n) is 6.29. The molecule has 29 heavy (non-hydrogen) atoms. The minimum absolute atomic E-state index is 0.0609. The zero-order chi connectivity index (χ0) is 21.0. The smallest absolute Gasteiger partial charge is 0.258 e. The zero-order valence-electron chi connectivity index (χ0n) is 16.2. The van der Waals surface area contributed by atoms with E-state index in [2.05, 4.69) is 10.0 Å². The summed E-state index contributed by atoms with van der Waals surface area (Å²) in [6.45, 7) is 4.93. The Kier molecular flexibility index (Phi) is 6.19. The first-order valence-electron chi connectivity index (χ1n) is 9.23. The summed E-state index contributed by atoms with van der Waals surface area (Å²) in [5.41, 5.74) is 1.12. The highest BCUT2D eigenvalue weighted by Crippen LogP contribution is 2.28. The molecule has 2 aromatic rings. The van der Waals surface area contributed by atoms with Crippen LogP contribution >= 0.6 is 0 Å². The highest BCUT2D eigenvalue weighted by molar-refractivity contribution is 7.89. The second-order valence-corrected chi connectivity index (χ2v) is 8.05. The summed E-state index contributed by atoms with van der Waals surface area (Å²) in [4.78, 5) is 23.3. The van der Waals surface area contributed by atoms with E-state index in [-0.39, 0.29) is 22.6 Å². The number of carbonyl (C=O) groups is 2. The summed E-state index contributed by atoms with van der Waals surface area (Å²) in [7, 11) is -3.83. The molecule has 0 aliphatic carbocycles. The van der Waals surface area contributed by atoms with E-state index in [0.717, 1.165) is 5.56 Å². The maximum Gasteiger partial charge on any atom is 0.258 e. The summed E-state index contributed by atoms with van der Waals surface area (Å²) in [5.74, 6) is 0.135. The molecule has 3 rings (SSSR count). The number of amides is 2. The average Bonchev–Trinajstić information content (AvgIpc) is 2.97. The first-order chi connectivity index (χ1) is 13.9. The lowest BCUT2D eigenvalue weighted by Gasteiger charge is -2.13. The van der Waals surface area contributed by atoms with Crippen LogP contribution in [0.25, 0.3) is 0 Å². The molecule has 1 heterocycles. The van der Waals surface area contributed by atoms with Crippen molar-refractivity contribution in [2.75, 3.05) is 19.8 Å². The fourth-order valence-corrected chi connectivity index (χ4v) is 4.04. The maximum absolute atomic E-state index is 12.5. The van der Waals surface area contributed by atoms with Crippen LogP contribution in [0.15, 0.2) is 41.3 Å². The van der Waals surface area contributed by atoms with Gasteiger partial charge in [-0.15, -0.1) is 0 Å². The van der Waals surface area contributed by atoms with Crippen molar-refractivity contribution >= 4 is 21.8 Å². The minimum atomic E-state index is -3.83. The molecular weight excluding hydrogens is 396 g/mol. The fraction of sp³-hybridized carbons (Fsp3) is 0.300. The van der Waals surface area contributed by atoms with Gasteiger partial charge in [-0.25, -0.2) is 13.1 Å². The molecule has 8 nitrogen and oxygen atoms in total. The van der Waals surface area contributed by atoms with Crippen LogP contribution in [0.5, 0.6) is 11.5 Å². The minimum Gasteiger partial charge on any atom is -0.490 e. The van der Waals surface area contributed by atoms with Gasteiger partial charge < -0.3 is 9.47 Å². The Labute approximate surface area is 169 Å². The van der Waals surface area contributed by atoms with Crippen LogP contribution in [0.1, 0.15) is 40.1 Å². The van der Waals surface area contributed by atoms with Gasteiger partial charge in [0.25, 0.3) is 11.8 Å². The van der Waals surface area contributed by atoms with Gasteiger partial charge in [-0.2, -0.15) is 0 Å². The van der Waals surface area contributed by atoms with Gasteiger partial charge in [0.05, 0.1) is 29.2 Å². The van der Waals surface area contributed by atoms with Crippen LogP contribution in [-0.4, -0.2) is 40.0 Å². The number of rotatable bonds is 9. The standard InChI is InChI=1S/C20H22N2O6S/c1-3-27-17-8-5-13(11-18(17)28-4-2)9-10-21-29(25,26)14-6-7-15-16(12-14)20(24)22-19(15)23/h5-8,11-12,21H,3-4,9-10H2,1-2H3,(H,22,23,24). The lowest BCUT2D eigenvalue weighted by molar-refractivity contribution is 0.0879. The highest BCUT2D eigenvalue weighted by Gasteiger charge is 2.28. The Bertz CT molecular complexity index is 1050. The van der Waals surface area contributed by atoms with E-state index in [1.165, 1.54) is 18.2 Å². The molecule has 0 radical (unpaired) electrons. The highest BCUT2D eigenvalue weighted by atomic mass is 32.2. The number of fused-ring (bicyclic) bond motifs is 1. The van der Waals surface area contributed by atoms with Crippen molar-refractivity contribution in [1.82, 2.24) is 10.0 Å². The van der Waals surface area contributed by atoms with Crippen molar-refractivity contribution in [2.24, 2.45) is 0 Å². The summed E-state index contributed by atoms with van der Waals surface area (Å²) in [5, 5.41) is 2.14. The Morgan fingerprint density at radius 1 is 0.897 bits per heavy atom. The predicted octanol–water partition coefficient (Wildman–Crippen LogP) is 1.89. The van der Waals surface area contributed by atoms with Gasteiger partial charge in [0.1, 0.15) is 0 Å². The number of ether oxygens (including phenoxy) is 2. The maximum atomic E-state index is 12.5. The van der Waals surface area contributed by atoms with E-state index >= 15 is 0 Å². The molecular formula is C20H22N2O6S. The summed E-state index contributed by atoms with van der Waals surface area (Å²) in [6.07, 6.45) is 0.440. The van der Waals surface area contributed by atoms with Crippen LogP contribution < -0.4 is 19.5 Å². The van der Waals surface area contributed by atoms with Crippen LogP contribution in [0, 0.1) is 0 Å². The molecule has 9 heteroatoms. The fourth-order valence-electron chi connectivity index (χ4n) is 2.98. The Hall–Kier alpha value is -2.91. The van der Waals surface area contributed by atoms with Crippen LogP contribution in [0.4, 0.5) is 0 Å². The predicted molar refractivity (Wildman–Crippen MR) is 106 cm³/mol. The molecule has 0 fully saturated rings. The number of hydrogen-bond donors (Lipinski definition) is 2. The zero-order valence-corrected chi connectivity index (χ0v) is 17.0. The van der Waals surface area contributed by atoms with Gasteiger partial charge in [0, 0.05) is 6.54 Å². The number of benzene rings is 2. The third-order valence-electron chi connectivity index (χ3n) is 4.33.